The van der Waals surface area contributed by atoms with E-state index in [9.17, 15) is 28.2 Å². The molecule has 38 heavy (non-hydrogen) atoms. The van der Waals surface area contributed by atoms with E-state index in [4.69, 9.17) is 4.78 Å². The number of urea groups is 2. The van der Waals surface area contributed by atoms with Gasteiger partial charge >= 0.3 is 12.1 Å². The molecule has 1 fully saturated rings. The number of Topliss-reactive ketones (excluding diaryl/α,β-unsaturated/α-hetero) is 1. The quantitative estimate of drug-likeness (QED) is 0.592. The molecule has 2 heterocycles. The van der Waals surface area contributed by atoms with Gasteiger partial charge in [0, 0.05) is 45.0 Å². The third kappa shape index (κ3) is 4.67. The van der Waals surface area contributed by atoms with Crippen LogP contribution in [0.3, 0.4) is 0 Å². The lowest BCUT2D eigenvalue weighted by Crippen LogP contribution is -2.57. The lowest BCUT2D eigenvalue weighted by molar-refractivity contribution is -0.115. The number of halogens is 1. The Morgan fingerprint density at radius 3 is 2.50 bits per heavy atom. The molecule has 1 aliphatic carbocycles. The average Bonchev–Trinajstić information content (AvgIpc) is 3.29. The fraction of sp³-hybridized carbons (Fsp3) is 0.333. The zero-order valence-electron chi connectivity index (χ0n) is 20.5. The minimum Gasteiger partial charge on any atom is -0.335 e. The molecule has 0 saturated carbocycles. The Balaban J connectivity index is 1.60. The largest absolute Gasteiger partial charge is 0.337 e. The Labute approximate surface area is 219 Å². The van der Waals surface area contributed by atoms with E-state index in [1.807, 2.05) is 6.07 Å². The molecule has 1 saturated heterocycles. The number of benzene rings is 2. The predicted molar refractivity (Wildman–Crippen MR) is 138 cm³/mol. The van der Waals surface area contributed by atoms with Crippen LogP contribution >= 0.6 is 0 Å². The molecule has 0 bridgehead atoms. The molecule has 0 spiro atoms. The number of nitrogens with zero attached hydrogens (tertiary/aromatic N) is 3. The van der Waals surface area contributed by atoms with Crippen molar-refractivity contribution in [3.05, 3.63) is 76.5 Å². The minimum absolute atomic E-state index is 0.154. The highest BCUT2D eigenvalue weighted by atomic mass is 32.2. The number of imide groups is 1. The van der Waals surface area contributed by atoms with Crippen LogP contribution in [-0.2, 0) is 21.2 Å². The second kappa shape index (κ2) is 10.0. The van der Waals surface area contributed by atoms with Crippen LogP contribution in [0.15, 0.2) is 59.8 Å². The van der Waals surface area contributed by atoms with Crippen LogP contribution in [0.25, 0.3) is 0 Å². The first-order chi connectivity index (χ1) is 18.2. The zero-order chi connectivity index (χ0) is 27.0. The second-order valence-corrected chi connectivity index (χ2v) is 12.1. The number of carbonyl (C=O) groups excluding carboxylic acids is 3. The van der Waals surface area contributed by atoms with Crippen molar-refractivity contribution in [2.45, 2.75) is 44.4 Å². The fourth-order valence-corrected chi connectivity index (χ4v) is 6.81. The van der Waals surface area contributed by atoms with E-state index in [0.29, 0.717) is 52.9 Å². The van der Waals surface area contributed by atoms with Crippen LogP contribution in [0.4, 0.5) is 19.7 Å². The van der Waals surface area contributed by atoms with Crippen LogP contribution in [-0.4, -0.2) is 44.5 Å². The third-order valence-electron chi connectivity index (χ3n) is 7.22. The molecule has 196 valence electrons. The number of amides is 4. The lowest BCUT2D eigenvalue weighted by atomic mass is 9.92. The van der Waals surface area contributed by atoms with Gasteiger partial charge in [0.15, 0.2) is 5.78 Å². The molecule has 9 nitrogen and oxygen atoms in total. The van der Waals surface area contributed by atoms with Gasteiger partial charge in [0.2, 0.25) is 0 Å². The van der Waals surface area contributed by atoms with E-state index >= 15 is 0 Å². The van der Waals surface area contributed by atoms with Gasteiger partial charge in [0.05, 0.1) is 23.4 Å². The first-order valence-electron chi connectivity index (χ1n) is 12.3. The van der Waals surface area contributed by atoms with Crippen LogP contribution in [0.5, 0.6) is 0 Å². The molecule has 5 rings (SSSR count). The number of nitrogens with one attached hydrogen (secondary N) is 2. The third-order valence-corrected chi connectivity index (χ3v) is 9.01. The first kappa shape index (κ1) is 25.6. The number of hydrogen-bond donors (Lipinski definition) is 2. The Morgan fingerprint density at radius 2 is 1.84 bits per heavy atom. The van der Waals surface area contributed by atoms with Crippen LogP contribution in [0.2, 0.25) is 0 Å². The van der Waals surface area contributed by atoms with E-state index in [0.717, 1.165) is 4.90 Å². The number of nitriles is 1. The molecular formula is C27H26FN5O4S. The van der Waals surface area contributed by atoms with Gasteiger partial charge in [-0.15, -0.1) is 0 Å². The highest BCUT2D eigenvalue weighted by Gasteiger charge is 2.48. The summed E-state index contributed by atoms with van der Waals surface area (Å²) >= 11 is 0. The molecule has 0 radical (unpaired) electrons. The van der Waals surface area contributed by atoms with Crippen molar-refractivity contribution in [1.29, 1.82) is 10.0 Å². The lowest BCUT2D eigenvalue weighted by Gasteiger charge is -2.41. The summed E-state index contributed by atoms with van der Waals surface area (Å²) in [5, 5.41) is 12.1. The van der Waals surface area contributed by atoms with Gasteiger partial charge in [-0.05, 0) is 54.7 Å². The van der Waals surface area contributed by atoms with Crippen LogP contribution < -0.4 is 10.2 Å². The number of alkyl halides is 1. The number of carbonyl (C=O) groups is 3. The summed E-state index contributed by atoms with van der Waals surface area (Å²) in [5.41, 5.74) is 2.40. The van der Waals surface area contributed by atoms with Crippen molar-refractivity contribution in [3.8, 4) is 6.07 Å². The number of allylic oxidation sites excluding steroid dienone is 1. The molecule has 2 N–H and O–H groups in total. The average molecular weight is 536 g/mol. The predicted octanol–water partition coefficient (Wildman–Crippen LogP) is 4.55. The summed E-state index contributed by atoms with van der Waals surface area (Å²) in [6, 6.07) is 12.0. The number of anilines is 1. The van der Waals surface area contributed by atoms with Gasteiger partial charge in [-0.25, -0.2) is 23.1 Å². The highest BCUT2D eigenvalue weighted by Crippen LogP contribution is 2.45. The monoisotopic (exact) mass is 535 g/mol. The maximum atomic E-state index is 14.1. The van der Waals surface area contributed by atoms with E-state index in [1.54, 1.807) is 42.5 Å². The Morgan fingerprint density at radius 1 is 1.13 bits per heavy atom. The van der Waals surface area contributed by atoms with Gasteiger partial charge in [0.1, 0.15) is 6.67 Å². The summed E-state index contributed by atoms with van der Waals surface area (Å²) < 4.78 is 33.4. The number of hydrogen-bond acceptors (Lipinski definition) is 6. The minimum atomic E-state index is -2.67. The summed E-state index contributed by atoms with van der Waals surface area (Å²) in [6.07, 6.45) is 1.14. The molecule has 2 aromatic carbocycles. The standard InChI is InChI=1S/C27H26FN5O4S/c28-15-18-2-1-3-21(14-18)32-22-8-9-23(34)24(22)25(19-6-4-17(16-29)5-7-19)33(27(32)36)26(35)31-20-10-12-38(30,37)13-11-20/h1-7,14,20,25,30H,8-13,15H2,(H,31,35). The van der Waals surface area contributed by atoms with Crippen molar-refractivity contribution in [2.24, 2.45) is 0 Å². The van der Waals surface area contributed by atoms with Crippen molar-refractivity contribution in [2.75, 3.05) is 16.4 Å². The summed E-state index contributed by atoms with van der Waals surface area (Å²) in [4.78, 5) is 43.4. The molecule has 2 aromatic rings. The number of ketones is 1. The summed E-state index contributed by atoms with van der Waals surface area (Å²) in [6.45, 7) is -0.736. The zero-order valence-corrected chi connectivity index (χ0v) is 21.3. The Hall–Kier alpha value is -4.04. The Kier molecular flexibility index (Phi) is 6.75. The molecule has 0 aromatic heterocycles. The fourth-order valence-electron chi connectivity index (χ4n) is 5.27. The maximum Gasteiger partial charge on any atom is 0.337 e. The molecule has 11 heteroatoms. The smallest absolute Gasteiger partial charge is 0.335 e. The first-order valence-corrected chi connectivity index (χ1v) is 14.2. The van der Waals surface area contributed by atoms with E-state index in [-0.39, 0.29) is 29.8 Å². The highest BCUT2D eigenvalue weighted by molar-refractivity contribution is 7.92. The molecule has 2 aliphatic heterocycles. The van der Waals surface area contributed by atoms with Gasteiger partial charge < -0.3 is 5.32 Å². The van der Waals surface area contributed by atoms with Gasteiger partial charge in [0.25, 0.3) is 0 Å². The molecule has 1 unspecified atom stereocenters. The summed E-state index contributed by atoms with van der Waals surface area (Å²) in [7, 11) is -2.67. The molecule has 4 amide bonds. The maximum absolute atomic E-state index is 14.1. The van der Waals surface area contributed by atoms with Crippen molar-refractivity contribution in [3.63, 3.8) is 0 Å². The van der Waals surface area contributed by atoms with Crippen molar-refractivity contribution < 1.29 is 23.0 Å². The van der Waals surface area contributed by atoms with Gasteiger partial charge in [-0.2, -0.15) is 5.26 Å². The van der Waals surface area contributed by atoms with Crippen molar-refractivity contribution >= 4 is 33.3 Å². The normalized spacial score (nSPS) is 25.3. The second-order valence-electron chi connectivity index (χ2n) is 9.66. The Bertz CT molecular complexity index is 1480. The van der Waals surface area contributed by atoms with Crippen molar-refractivity contribution in [1.82, 2.24) is 10.2 Å². The summed E-state index contributed by atoms with van der Waals surface area (Å²) in [5.74, 6) is 0.111. The molecule has 3 aliphatic rings. The SMILES string of the molecule is N#Cc1ccc(C2C3=C(CCC3=O)N(c3cccc(CF)c3)C(=O)N2C(=O)NC2CCS(=N)(=O)CC2)cc1. The van der Waals surface area contributed by atoms with E-state index in [2.05, 4.69) is 5.32 Å². The van der Waals surface area contributed by atoms with Crippen LogP contribution in [0, 0.1) is 16.1 Å². The van der Waals surface area contributed by atoms with Crippen LogP contribution in [0.1, 0.15) is 48.4 Å². The topological polar surface area (TPSA) is 134 Å². The number of rotatable bonds is 4. The van der Waals surface area contributed by atoms with Gasteiger partial charge in [-0.3, -0.25) is 14.5 Å². The molecule has 1 atom stereocenters. The van der Waals surface area contributed by atoms with E-state index < -0.39 is 34.5 Å². The van der Waals surface area contributed by atoms with Gasteiger partial charge in [-0.1, -0.05) is 24.3 Å². The van der Waals surface area contributed by atoms with E-state index in [1.165, 1.54) is 11.0 Å². The molecular weight excluding hydrogens is 509 g/mol.